The summed E-state index contributed by atoms with van der Waals surface area (Å²) < 4.78 is 7.11. The number of hydrogen-bond acceptors (Lipinski definition) is 3. The van der Waals surface area contributed by atoms with Gasteiger partial charge in [-0.15, -0.1) is 0 Å². The summed E-state index contributed by atoms with van der Waals surface area (Å²) in [6.07, 6.45) is 4.89. The average molecular weight is 342 g/mol. The van der Waals surface area contributed by atoms with Crippen molar-refractivity contribution in [2.75, 3.05) is 13.7 Å². The lowest BCUT2D eigenvalue weighted by atomic mass is 9.93. The standard InChI is InChI=1S/C19H26N4O2/c1-14(13-25-2)21-19(24)22-17-9-6-10-18-16(17)11-20-23(18)12-15-7-4-3-5-8-15/h3-5,7-8,11,14,17H,6,9-10,12-13H2,1-2H3,(H2,21,22,24)/t14-,17-/m0/s1. The van der Waals surface area contributed by atoms with Crippen LogP contribution in [0.5, 0.6) is 0 Å². The zero-order valence-electron chi connectivity index (χ0n) is 14.9. The Kier molecular flexibility index (Phi) is 5.71. The lowest BCUT2D eigenvalue weighted by Gasteiger charge is -2.25. The van der Waals surface area contributed by atoms with Crippen molar-refractivity contribution in [3.8, 4) is 0 Å². The van der Waals surface area contributed by atoms with E-state index in [-0.39, 0.29) is 18.1 Å². The molecule has 0 unspecified atom stereocenters. The molecule has 25 heavy (non-hydrogen) atoms. The van der Waals surface area contributed by atoms with E-state index in [0.29, 0.717) is 6.61 Å². The number of methoxy groups -OCH3 is 1. The molecule has 1 aliphatic carbocycles. The lowest BCUT2D eigenvalue weighted by Crippen LogP contribution is -2.44. The van der Waals surface area contributed by atoms with Gasteiger partial charge in [0.05, 0.1) is 31.4 Å². The fourth-order valence-corrected chi connectivity index (χ4v) is 3.38. The third kappa shape index (κ3) is 4.39. The topological polar surface area (TPSA) is 68.2 Å². The van der Waals surface area contributed by atoms with Crippen molar-refractivity contribution in [2.45, 2.75) is 44.8 Å². The van der Waals surface area contributed by atoms with Gasteiger partial charge in [0.25, 0.3) is 0 Å². The minimum Gasteiger partial charge on any atom is -0.383 e. The molecule has 2 N–H and O–H groups in total. The first-order valence-electron chi connectivity index (χ1n) is 8.82. The summed E-state index contributed by atoms with van der Waals surface area (Å²) in [4.78, 5) is 12.2. The van der Waals surface area contributed by atoms with Crippen molar-refractivity contribution >= 4 is 6.03 Å². The van der Waals surface area contributed by atoms with Gasteiger partial charge in [-0.05, 0) is 31.7 Å². The van der Waals surface area contributed by atoms with Crippen molar-refractivity contribution in [2.24, 2.45) is 0 Å². The van der Waals surface area contributed by atoms with Crippen LogP contribution in [0.25, 0.3) is 0 Å². The van der Waals surface area contributed by atoms with Crippen LogP contribution in [-0.2, 0) is 17.7 Å². The number of nitrogens with one attached hydrogen (secondary N) is 2. The number of hydrogen-bond donors (Lipinski definition) is 2. The largest absolute Gasteiger partial charge is 0.383 e. The SMILES string of the molecule is COC[C@H](C)NC(=O)N[C@H]1CCCc2c1cnn2Cc1ccccc1. The van der Waals surface area contributed by atoms with Gasteiger partial charge < -0.3 is 15.4 Å². The summed E-state index contributed by atoms with van der Waals surface area (Å²) >= 11 is 0. The van der Waals surface area contributed by atoms with Crippen molar-refractivity contribution in [1.29, 1.82) is 0 Å². The number of nitrogens with zero attached hydrogens (tertiary/aromatic N) is 2. The molecule has 134 valence electrons. The normalized spacial score (nSPS) is 17.6. The number of urea groups is 1. The minimum atomic E-state index is -0.154. The number of aromatic nitrogens is 2. The highest BCUT2D eigenvalue weighted by Crippen LogP contribution is 2.29. The predicted molar refractivity (Wildman–Crippen MR) is 96.5 cm³/mol. The molecule has 1 aliphatic rings. The summed E-state index contributed by atoms with van der Waals surface area (Å²) in [6, 6.07) is 10.2. The Bertz CT molecular complexity index is 699. The first-order valence-corrected chi connectivity index (χ1v) is 8.82. The molecule has 0 saturated heterocycles. The molecule has 2 aromatic rings. The Morgan fingerprint density at radius 2 is 2.20 bits per heavy atom. The van der Waals surface area contributed by atoms with Crippen molar-refractivity contribution < 1.29 is 9.53 Å². The zero-order chi connectivity index (χ0) is 17.6. The molecule has 0 aliphatic heterocycles. The van der Waals surface area contributed by atoms with Gasteiger partial charge in [-0.1, -0.05) is 30.3 Å². The highest BCUT2D eigenvalue weighted by atomic mass is 16.5. The second-order valence-electron chi connectivity index (χ2n) is 6.61. The second kappa shape index (κ2) is 8.16. The van der Waals surface area contributed by atoms with Gasteiger partial charge in [-0.25, -0.2) is 4.79 Å². The molecule has 0 saturated carbocycles. The molecule has 2 atom stereocenters. The number of carbonyl (C=O) groups excluding carboxylic acids is 1. The Hall–Kier alpha value is -2.34. The zero-order valence-corrected chi connectivity index (χ0v) is 14.9. The van der Waals surface area contributed by atoms with E-state index in [0.717, 1.165) is 31.4 Å². The van der Waals surface area contributed by atoms with E-state index in [2.05, 4.69) is 32.5 Å². The van der Waals surface area contributed by atoms with Crippen LogP contribution in [0.2, 0.25) is 0 Å². The Balaban J connectivity index is 1.67. The summed E-state index contributed by atoms with van der Waals surface area (Å²) in [7, 11) is 1.63. The van der Waals surface area contributed by atoms with Gasteiger partial charge in [-0.2, -0.15) is 5.10 Å². The molecule has 3 rings (SSSR count). The van der Waals surface area contributed by atoms with Gasteiger partial charge >= 0.3 is 6.03 Å². The van der Waals surface area contributed by atoms with Crippen LogP contribution in [-0.4, -0.2) is 35.6 Å². The summed E-state index contributed by atoms with van der Waals surface area (Å²) in [5.41, 5.74) is 3.59. The van der Waals surface area contributed by atoms with Gasteiger partial charge in [-0.3, -0.25) is 4.68 Å². The lowest BCUT2D eigenvalue weighted by molar-refractivity contribution is 0.170. The van der Waals surface area contributed by atoms with E-state index in [1.54, 1.807) is 7.11 Å². The van der Waals surface area contributed by atoms with E-state index in [1.807, 2.05) is 31.3 Å². The number of amides is 2. The molecule has 1 aromatic heterocycles. The molecule has 1 heterocycles. The maximum Gasteiger partial charge on any atom is 0.315 e. The van der Waals surface area contributed by atoms with Gasteiger partial charge in [0, 0.05) is 18.4 Å². The third-order valence-corrected chi connectivity index (χ3v) is 4.54. The molecule has 0 bridgehead atoms. The molecule has 6 nitrogen and oxygen atoms in total. The number of fused-ring (bicyclic) bond motifs is 1. The van der Waals surface area contributed by atoms with Crippen molar-refractivity contribution in [3.05, 3.63) is 53.3 Å². The Labute approximate surface area is 148 Å². The molecular weight excluding hydrogens is 316 g/mol. The highest BCUT2D eigenvalue weighted by molar-refractivity contribution is 5.74. The number of carbonyl (C=O) groups is 1. The fraction of sp³-hybridized carbons (Fsp3) is 0.474. The van der Waals surface area contributed by atoms with Crippen LogP contribution in [0.15, 0.2) is 36.5 Å². The van der Waals surface area contributed by atoms with E-state index in [9.17, 15) is 4.79 Å². The molecule has 2 amide bonds. The van der Waals surface area contributed by atoms with E-state index >= 15 is 0 Å². The summed E-state index contributed by atoms with van der Waals surface area (Å²) in [6.45, 7) is 3.19. The smallest absolute Gasteiger partial charge is 0.315 e. The molecule has 6 heteroatoms. The van der Waals surface area contributed by atoms with E-state index in [4.69, 9.17) is 4.74 Å². The van der Waals surface area contributed by atoms with Crippen LogP contribution in [0.4, 0.5) is 4.79 Å². The first kappa shape index (κ1) is 17.5. The molecular formula is C19H26N4O2. The molecule has 1 aromatic carbocycles. The summed E-state index contributed by atoms with van der Waals surface area (Å²) in [5.74, 6) is 0. The maximum absolute atomic E-state index is 12.2. The fourth-order valence-electron chi connectivity index (χ4n) is 3.38. The Morgan fingerprint density at radius 3 is 2.96 bits per heavy atom. The maximum atomic E-state index is 12.2. The quantitative estimate of drug-likeness (QED) is 0.848. The van der Waals surface area contributed by atoms with Gasteiger partial charge in [0.15, 0.2) is 0 Å². The Morgan fingerprint density at radius 1 is 1.40 bits per heavy atom. The number of ether oxygens (including phenoxy) is 1. The molecule has 0 radical (unpaired) electrons. The molecule has 0 spiro atoms. The monoisotopic (exact) mass is 342 g/mol. The van der Waals surface area contributed by atoms with Crippen LogP contribution in [0, 0.1) is 0 Å². The van der Waals surface area contributed by atoms with Gasteiger partial charge in [0.2, 0.25) is 0 Å². The molecule has 0 fully saturated rings. The van der Waals surface area contributed by atoms with Crippen LogP contribution in [0.1, 0.15) is 42.6 Å². The van der Waals surface area contributed by atoms with E-state index in [1.165, 1.54) is 11.3 Å². The van der Waals surface area contributed by atoms with Crippen LogP contribution >= 0.6 is 0 Å². The van der Waals surface area contributed by atoms with Gasteiger partial charge in [0.1, 0.15) is 0 Å². The van der Waals surface area contributed by atoms with Crippen LogP contribution < -0.4 is 10.6 Å². The predicted octanol–water partition coefficient (Wildman–Crippen LogP) is 2.64. The summed E-state index contributed by atoms with van der Waals surface area (Å²) in [5, 5.41) is 10.6. The number of rotatable bonds is 6. The highest BCUT2D eigenvalue weighted by Gasteiger charge is 2.25. The van der Waals surface area contributed by atoms with E-state index < -0.39 is 0 Å². The minimum absolute atomic E-state index is 0.0167. The second-order valence-corrected chi connectivity index (χ2v) is 6.61. The first-order chi connectivity index (χ1) is 12.2. The third-order valence-electron chi connectivity index (χ3n) is 4.54. The van der Waals surface area contributed by atoms with Crippen molar-refractivity contribution in [3.63, 3.8) is 0 Å². The van der Waals surface area contributed by atoms with Crippen LogP contribution in [0.3, 0.4) is 0 Å². The average Bonchev–Trinajstić information content (AvgIpc) is 3.00. The number of benzene rings is 1. The van der Waals surface area contributed by atoms with Crippen molar-refractivity contribution in [1.82, 2.24) is 20.4 Å².